The van der Waals surface area contributed by atoms with Crippen LogP contribution < -0.4 is 5.32 Å². The van der Waals surface area contributed by atoms with Crippen LogP contribution in [0.15, 0.2) is 0 Å². The van der Waals surface area contributed by atoms with Gasteiger partial charge in [0.2, 0.25) is 0 Å². The van der Waals surface area contributed by atoms with E-state index in [0.29, 0.717) is 24.7 Å². The molecule has 1 aliphatic rings. The first-order valence-electron chi connectivity index (χ1n) is 4.07. The van der Waals surface area contributed by atoms with E-state index in [9.17, 15) is 4.79 Å². The van der Waals surface area contributed by atoms with Crippen LogP contribution in [-0.4, -0.2) is 32.6 Å². The first kappa shape index (κ1) is 11.9. The van der Waals surface area contributed by atoms with Crippen LogP contribution in [-0.2, 0) is 9.53 Å². The summed E-state index contributed by atoms with van der Waals surface area (Å²) in [6.07, 6.45) is 1.55. The quantitative estimate of drug-likeness (QED) is 0.651. The average Bonchev–Trinajstić information content (AvgIpc) is 1.84. The zero-order valence-electron chi connectivity index (χ0n) is 7.34. The fourth-order valence-electron chi connectivity index (χ4n) is 1.11. The van der Waals surface area contributed by atoms with Gasteiger partial charge in [-0.3, -0.25) is 4.79 Å². The van der Waals surface area contributed by atoms with E-state index in [1.165, 1.54) is 0 Å². The predicted octanol–water partition coefficient (Wildman–Crippen LogP) is 0.623. The molecule has 1 N–H and O–H groups in total. The maximum atomic E-state index is 11.2. The van der Waals surface area contributed by atoms with Gasteiger partial charge in [0.15, 0.2) is 0 Å². The number of Topliss-reactive ketones (excluding diaryl/α,β-unsaturated/α-hetero) is 1. The molecule has 0 aromatic heterocycles. The maximum Gasteiger partial charge on any atom is 0.138 e. The Bertz CT molecular complexity index is 137. The lowest BCUT2D eigenvalue weighted by Crippen LogP contribution is -2.46. The lowest BCUT2D eigenvalue weighted by molar-refractivity contribution is -0.124. The number of halogens is 1. The summed E-state index contributed by atoms with van der Waals surface area (Å²) in [7, 11) is 1.66. The number of rotatable bonds is 5. The van der Waals surface area contributed by atoms with E-state index in [2.05, 4.69) is 5.32 Å². The van der Waals surface area contributed by atoms with Crippen LogP contribution in [0.1, 0.15) is 12.8 Å². The van der Waals surface area contributed by atoms with Crippen molar-refractivity contribution in [1.82, 2.24) is 5.32 Å². The molecule has 1 saturated heterocycles. The molecule has 72 valence electrons. The third kappa shape index (κ3) is 3.52. The van der Waals surface area contributed by atoms with E-state index in [1.807, 2.05) is 0 Å². The molecule has 0 bridgehead atoms. The molecule has 0 unspecified atom stereocenters. The molecular weight excluding hydrogens is 178 g/mol. The molecule has 0 radical (unpaired) electrons. The van der Waals surface area contributed by atoms with Gasteiger partial charge in [0, 0.05) is 39.1 Å². The molecule has 0 aromatic rings. The second kappa shape index (κ2) is 6.40. The summed E-state index contributed by atoms with van der Waals surface area (Å²) in [6.45, 7) is 2.46. The second-order valence-electron chi connectivity index (χ2n) is 2.92. The summed E-state index contributed by atoms with van der Waals surface area (Å²) >= 11 is 0. The lowest BCUT2D eigenvalue weighted by atomic mass is 9.95. The third-order valence-electron chi connectivity index (χ3n) is 2.01. The number of hydrogen-bond acceptors (Lipinski definition) is 3. The fourth-order valence-corrected chi connectivity index (χ4v) is 1.11. The Balaban J connectivity index is 0.00000121. The van der Waals surface area contributed by atoms with E-state index in [4.69, 9.17) is 4.74 Å². The molecule has 0 spiro atoms. The van der Waals surface area contributed by atoms with Gasteiger partial charge in [0.25, 0.3) is 0 Å². The summed E-state index contributed by atoms with van der Waals surface area (Å²) < 4.78 is 4.86. The van der Waals surface area contributed by atoms with Gasteiger partial charge in [-0.25, -0.2) is 0 Å². The molecule has 12 heavy (non-hydrogen) atoms. The Morgan fingerprint density at radius 3 is 2.67 bits per heavy atom. The van der Waals surface area contributed by atoms with Crippen molar-refractivity contribution in [3.63, 3.8) is 0 Å². The van der Waals surface area contributed by atoms with Gasteiger partial charge >= 0.3 is 0 Å². The van der Waals surface area contributed by atoms with Crippen LogP contribution in [0.4, 0.5) is 0 Å². The van der Waals surface area contributed by atoms with Crippen molar-refractivity contribution < 1.29 is 9.53 Å². The lowest BCUT2D eigenvalue weighted by Gasteiger charge is -2.25. The second-order valence-corrected chi connectivity index (χ2v) is 2.92. The van der Waals surface area contributed by atoms with Gasteiger partial charge < -0.3 is 10.1 Å². The highest BCUT2D eigenvalue weighted by Gasteiger charge is 2.23. The van der Waals surface area contributed by atoms with Crippen LogP contribution in [0.3, 0.4) is 0 Å². The van der Waals surface area contributed by atoms with Gasteiger partial charge in [-0.05, 0) is 6.42 Å². The van der Waals surface area contributed by atoms with Crippen molar-refractivity contribution in [2.75, 3.05) is 26.8 Å². The monoisotopic (exact) mass is 193 g/mol. The molecule has 1 aliphatic heterocycles. The standard InChI is InChI=1S/C8H15NO2.ClH/c1-11-4-2-3-8(10)7-5-9-6-7;/h7,9H,2-6H2,1H3;1H. The highest BCUT2D eigenvalue weighted by molar-refractivity contribution is 5.85. The van der Waals surface area contributed by atoms with E-state index in [0.717, 1.165) is 19.5 Å². The van der Waals surface area contributed by atoms with Crippen molar-refractivity contribution in [1.29, 1.82) is 0 Å². The van der Waals surface area contributed by atoms with Crippen molar-refractivity contribution in [2.24, 2.45) is 5.92 Å². The maximum absolute atomic E-state index is 11.2. The number of nitrogens with one attached hydrogen (secondary N) is 1. The van der Waals surface area contributed by atoms with E-state index in [-0.39, 0.29) is 12.4 Å². The molecule has 0 amide bonds. The molecule has 0 saturated carbocycles. The van der Waals surface area contributed by atoms with E-state index < -0.39 is 0 Å². The van der Waals surface area contributed by atoms with Gasteiger partial charge in [0.05, 0.1) is 0 Å². The Morgan fingerprint density at radius 1 is 1.58 bits per heavy atom. The molecule has 1 rings (SSSR count). The molecular formula is C8H16ClNO2. The number of ether oxygens (including phenoxy) is 1. The van der Waals surface area contributed by atoms with Gasteiger partial charge in [-0.15, -0.1) is 12.4 Å². The minimum atomic E-state index is 0. The van der Waals surface area contributed by atoms with E-state index in [1.54, 1.807) is 7.11 Å². The van der Waals surface area contributed by atoms with Crippen molar-refractivity contribution in [3.8, 4) is 0 Å². The van der Waals surface area contributed by atoms with E-state index >= 15 is 0 Å². The van der Waals surface area contributed by atoms with Gasteiger partial charge in [-0.1, -0.05) is 0 Å². The van der Waals surface area contributed by atoms with Crippen molar-refractivity contribution in [3.05, 3.63) is 0 Å². The largest absolute Gasteiger partial charge is 0.385 e. The Hall–Kier alpha value is -0.120. The minimum Gasteiger partial charge on any atom is -0.385 e. The van der Waals surface area contributed by atoms with Gasteiger partial charge in [-0.2, -0.15) is 0 Å². The normalized spacial score (nSPS) is 16.4. The molecule has 0 aromatic carbocycles. The number of hydrogen-bond donors (Lipinski definition) is 1. The average molecular weight is 194 g/mol. The minimum absolute atomic E-state index is 0. The first-order valence-corrected chi connectivity index (χ1v) is 4.07. The zero-order valence-corrected chi connectivity index (χ0v) is 8.15. The molecule has 4 heteroatoms. The highest BCUT2D eigenvalue weighted by Crippen LogP contribution is 2.08. The summed E-state index contributed by atoms with van der Waals surface area (Å²) in [5.74, 6) is 0.688. The summed E-state index contributed by atoms with van der Waals surface area (Å²) in [5.41, 5.74) is 0. The Morgan fingerprint density at radius 2 is 2.25 bits per heavy atom. The molecule has 1 fully saturated rings. The SMILES string of the molecule is COCCCC(=O)C1CNC1.Cl. The Kier molecular flexibility index (Phi) is 6.34. The van der Waals surface area contributed by atoms with Crippen LogP contribution >= 0.6 is 12.4 Å². The highest BCUT2D eigenvalue weighted by atomic mass is 35.5. The topological polar surface area (TPSA) is 38.3 Å². The van der Waals surface area contributed by atoms with Crippen LogP contribution in [0.2, 0.25) is 0 Å². The number of carbonyl (C=O) groups excluding carboxylic acids is 1. The predicted molar refractivity (Wildman–Crippen MR) is 49.7 cm³/mol. The first-order chi connectivity index (χ1) is 5.34. The smallest absolute Gasteiger partial charge is 0.138 e. The Labute approximate surface area is 79.3 Å². The fraction of sp³-hybridized carbons (Fsp3) is 0.875. The molecule has 3 nitrogen and oxygen atoms in total. The van der Waals surface area contributed by atoms with Crippen LogP contribution in [0, 0.1) is 5.92 Å². The zero-order chi connectivity index (χ0) is 8.10. The summed E-state index contributed by atoms with van der Waals surface area (Å²) in [4.78, 5) is 11.2. The summed E-state index contributed by atoms with van der Waals surface area (Å²) in [6, 6.07) is 0. The number of methoxy groups -OCH3 is 1. The van der Waals surface area contributed by atoms with Gasteiger partial charge in [0.1, 0.15) is 5.78 Å². The van der Waals surface area contributed by atoms with Crippen molar-refractivity contribution >= 4 is 18.2 Å². The molecule has 0 aliphatic carbocycles. The van der Waals surface area contributed by atoms with Crippen molar-refractivity contribution in [2.45, 2.75) is 12.8 Å². The number of carbonyl (C=O) groups is 1. The summed E-state index contributed by atoms with van der Waals surface area (Å²) in [5, 5.41) is 3.08. The molecule has 0 atom stereocenters. The molecule has 1 heterocycles. The number of ketones is 1. The third-order valence-corrected chi connectivity index (χ3v) is 2.01. The van der Waals surface area contributed by atoms with Crippen LogP contribution in [0.5, 0.6) is 0 Å². The van der Waals surface area contributed by atoms with Crippen LogP contribution in [0.25, 0.3) is 0 Å².